The molecule has 2 N–H and O–H groups in total. The number of nitro groups is 1. The molecule has 1 saturated heterocycles. The molecule has 1 heterocycles. The van der Waals surface area contributed by atoms with E-state index in [0.29, 0.717) is 11.5 Å². The van der Waals surface area contributed by atoms with Crippen LogP contribution in [0.25, 0.3) is 0 Å². The van der Waals surface area contributed by atoms with Gasteiger partial charge >= 0.3 is 0 Å². The van der Waals surface area contributed by atoms with E-state index in [1.807, 2.05) is 0 Å². The van der Waals surface area contributed by atoms with E-state index < -0.39 is 4.92 Å². The Balaban J connectivity index is 2.05. The summed E-state index contributed by atoms with van der Waals surface area (Å²) in [6.07, 6.45) is 2.08. The van der Waals surface area contributed by atoms with Crippen LogP contribution in [0.5, 0.6) is 5.75 Å². The van der Waals surface area contributed by atoms with Gasteiger partial charge in [0.15, 0.2) is 0 Å². The van der Waals surface area contributed by atoms with Crippen LogP contribution in [0.3, 0.4) is 0 Å². The van der Waals surface area contributed by atoms with Gasteiger partial charge in [-0.25, -0.2) is 0 Å². The Hall–Kier alpha value is -1.37. The van der Waals surface area contributed by atoms with Crippen LogP contribution in [0, 0.1) is 16.0 Å². The van der Waals surface area contributed by atoms with Crippen LogP contribution >= 0.6 is 11.6 Å². The first-order valence-corrected chi connectivity index (χ1v) is 7.58. The van der Waals surface area contributed by atoms with Gasteiger partial charge in [0.25, 0.3) is 5.69 Å². The van der Waals surface area contributed by atoms with Crippen LogP contribution in [0.15, 0.2) is 12.1 Å². The van der Waals surface area contributed by atoms with E-state index in [2.05, 4.69) is 10.2 Å². The predicted octanol–water partition coefficient (Wildman–Crippen LogP) is 2.31. The maximum atomic E-state index is 11.3. The molecule has 0 spiro atoms. The minimum atomic E-state index is -0.428. The van der Waals surface area contributed by atoms with Crippen LogP contribution < -0.4 is 5.32 Å². The van der Waals surface area contributed by atoms with E-state index in [1.165, 1.54) is 12.1 Å². The lowest BCUT2D eigenvalue weighted by molar-refractivity contribution is -0.386. The highest BCUT2D eigenvalue weighted by atomic mass is 35.5. The van der Waals surface area contributed by atoms with E-state index in [4.69, 9.17) is 11.6 Å². The van der Waals surface area contributed by atoms with Crippen LogP contribution in [0.4, 0.5) is 5.69 Å². The summed E-state index contributed by atoms with van der Waals surface area (Å²) in [5.74, 6) is 0.229. The highest BCUT2D eigenvalue weighted by Gasteiger charge is 2.42. The molecule has 21 heavy (non-hydrogen) atoms. The fraction of sp³-hybridized carbons (Fsp3) is 0.571. The second kappa shape index (κ2) is 5.79. The lowest BCUT2D eigenvalue weighted by atomic mass is 9.97. The lowest BCUT2D eigenvalue weighted by Gasteiger charge is -2.35. The maximum absolute atomic E-state index is 11.3. The van der Waals surface area contributed by atoms with Crippen molar-refractivity contribution in [3.8, 4) is 5.75 Å². The van der Waals surface area contributed by atoms with Gasteiger partial charge in [-0.3, -0.25) is 15.0 Å². The zero-order chi connectivity index (χ0) is 15.0. The summed E-state index contributed by atoms with van der Waals surface area (Å²) in [5.41, 5.74) is 0.351. The highest BCUT2D eigenvalue weighted by Crippen LogP contribution is 2.51. The fourth-order valence-electron chi connectivity index (χ4n) is 3.11. The predicted molar refractivity (Wildman–Crippen MR) is 79.7 cm³/mol. The molecule has 6 nitrogen and oxygen atoms in total. The Bertz CT molecular complexity index is 557. The molecule has 2 fully saturated rings. The summed E-state index contributed by atoms with van der Waals surface area (Å²) in [5, 5.41) is 25.1. The zero-order valence-electron chi connectivity index (χ0n) is 11.6. The summed E-state index contributed by atoms with van der Waals surface area (Å²) in [7, 11) is 0. The SMILES string of the molecule is O=[N+]([O-])c1ccc(Cl)c(O)c1[C@@H](C1CC1)N1CCNCC1. The monoisotopic (exact) mass is 311 g/mol. The minimum absolute atomic E-state index is 0.0349. The van der Waals surface area contributed by atoms with Crippen molar-refractivity contribution in [2.75, 3.05) is 26.2 Å². The molecule has 0 bridgehead atoms. The molecule has 7 heteroatoms. The van der Waals surface area contributed by atoms with Gasteiger partial charge in [0.05, 0.1) is 15.5 Å². The number of nitrogens with one attached hydrogen (secondary N) is 1. The average molecular weight is 312 g/mol. The molecule has 1 aliphatic carbocycles. The number of aromatic hydroxyl groups is 1. The van der Waals surface area contributed by atoms with Crippen molar-refractivity contribution in [1.82, 2.24) is 10.2 Å². The number of piperazine rings is 1. The van der Waals surface area contributed by atoms with Crippen molar-refractivity contribution in [2.45, 2.75) is 18.9 Å². The lowest BCUT2D eigenvalue weighted by Crippen LogP contribution is -2.45. The van der Waals surface area contributed by atoms with E-state index in [0.717, 1.165) is 39.0 Å². The standard InChI is InChI=1S/C14H18ClN3O3/c15-10-3-4-11(18(20)21)12(14(10)19)13(9-1-2-9)17-7-5-16-6-8-17/h3-4,9,13,16,19H,1-2,5-8H2/t13-/m1/s1. The van der Waals surface area contributed by atoms with Gasteiger partial charge in [0.1, 0.15) is 5.75 Å². The van der Waals surface area contributed by atoms with Gasteiger partial charge in [0.2, 0.25) is 0 Å². The molecule has 0 radical (unpaired) electrons. The zero-order valence-corrected chi connectivity index (χ0v) is 12.3. The van der Waals surface area contributed by atoms with E-state index in [9.17, 15) is 15.2 Å². The van der Waals surface area contributed by atoms with Gasteiger partial charge in [-0.15, -0.1) is 0 Å². The maximum Gasteiger partial charge on any atom is 0.278 e. The average Bonchev–Trinajstić information content (AvgIpc) is 3.29. The van der Waals surface area contributed by atoms with Crippen molar-refractivity contribution in [3.63, 3.8) is 0 Å². The Morgan fingerprint density at radius 1 is 1.38 bits per heavy atom. The number of halogens is 1. The molecule has 1 aromatic rings. The highest BCUT2D eigenvalue weighted by molar-refractivity contribution is 6.32. The van der Waals surface area contributed by atoms with Crippen LogP contribution in [0.2, 0.25) is 5.02 Å². The molecule has 2 aliphatic rings. The summed E-state index contributed by atoms with van der Waals surface area (Å²) in [4.78, 5) is 13.1. The summed E-state index contributed by atoms with van der Waals surface area (Å²) in [6.45, 7) is 3.37. The van der Waals surface area contributed by atoms with E-state index in [-0.39, 0.29) is 22.5 Å². The van der Waals surface area contributed by atoms with E-state index in [1.54, 1.807) is 0 Å². The molecular formula is C14H18ClN3O3. The van der Waals surface area contributed by atoms with Gasteiger partial charge in [0, 0.05) is 38.3 Å². The Morgan fingerprint density at radius 2 is 2.05 bits per heavy atom. The number of nitrogens with zero attached hydrogens (tertiary/aromatic N) is 2. The fourth-order valence-corrected chi connectivity index (χ4v) is 3.28. The van der Waals surface area contributed by atoms with Crippen LogP contribution in [-0.2, 0) is 0 Å². The normalized spacial score (nSPS) is 21.2. The number of rotatable bonds is 4. The molecule has 0 aromatic heterocycles. The second-order valence-corrected chi connectivity index (χ2v) is 6.06. The van der Waals surface area contributed by atoms with Crippen molar-refractivity contribution in [2.24, 2.45) is 5.92 Å². The molecule has 0 unspecified atom stereocenters. The van der Waals surface area contributed by atoms with Crippen molar-refractivity contribution in [3.05, 3.63) is 32.8 Å². The van der Waals surface area contributed by atoms with Crippen LogP contribution in [0.1, 0.15) is 24.4 Å². The summed E-state index contributed by atoms with van der Waals surface area (Å²) in [6, 6.07) is 2.67. The topological polar surface area (TPSA) is 78.6 Å². The molecule has 1 aromatic carbocycles. The largest absolute Gasteiger partial charge is 0.506 e. The Morgan fingerprint density at radius 3 is 2.62 bits per heavy atom. The first-order valence-electron chi connectivity index (χ1n) is 7.20. The van der Waals surface area contributed by atoms with Gasteiger partial charge in [-0.1, -0.05) is 11.6 Å². The van der Waals surface area contributed by atoms with Crippen LogP contribution in [-0.4, -0.2) is 41.1 Å². The Kier molecular flexibility index (Phi) is 4.01. The first kappa shape index (κ1) is 14.6. The number of phenols is 1. The van der Waals surface area contributed by atoms with Crippen molar-refractivity contribution < 1.29 is 10.0 Å². The number of hydrogen-bond donors (Lipinski definition) is 2. The van der Waals surface area contributed by atoms with Gasteiger partial charge in [-0.2, -0.15) is 0 Å². The summed E-state index contributed by atoms with van der Waals surface area (Å²) < 4.78 is 0. The third-order valence-electron chi connectivity index (χ3n) is 4.25. The number of phenolic OH excluding ortho intramolecular Hbond substituents is 1. The molecule has 1 atom stereocenters. The number of benzene rings is 1. The molecule has 1 saturated carbocycles. The summed E-state index contributed by atoms with van der Waals surface area (Å²) >= 11 is 6.00. The second-order valence-electron chi connectivity index (χ2n) is 5.65. The van der Waals surface area contributed by atoms with Crippen molar-refractivity contribution >= 4 is 17.3 Å². The number of hydrogen-bond acceptors (Lipinski definition) is 5. The molecule has 114 valence electrons. The molecular weight excluding hydrogens is 294 g/mol. The molecule has 1 aliphatic heterocycles. The molecule has 0 amide bonds. The van der Waals surface area contributed by atoms with E-state index >= 15 is 0 Å². The third kappa shape index (κ3) is 2.84. The quantitative estimate of drug-likeness (QED) is 0.659. The van der Waals surface area contributed by atoms with Gasteiger partial charge in [-0.05, 0) is 24.8 Å². The van der Waals surface area contributed by atoms with Gasteiger partial charge < -0.3 is 10.4 Å². The first-order chi connectivity index (χ1) is 10.1. The minimum Gasteiger partial charge on any atom is -0.506 e. The number of nitro benzene ring substituents is 1. The third-order valence-corrected chi connectivity index (χ3v) is 4.56. The Labute approximate surface area is 127 Å². The van der Waals surface area contributed by atoms with Crippen molar-refractivity contribution in [1.29, 1.82) is 0 Å². The smallest absolute Gasteiger partial charge is 0.278 e. The molecule has 3 rings (SSSR count).